The number of benzene rings is 2. The fourth-order valence-corrected chi connectivity index (χ4v) is 17.0. The molecule has 0 radical (unpaired) electrons. The third kappa shape index (κ3) is 9.98. The van der Waals surface area contributed by atoms with Gasteiger partial charge in [0.05, 0.1) is 54.7 Å². The van der Waals surface area contributed by atoms with Crippen molar-refractivity contribution in [2.75, 3.05) is 19.8 Å². The number of carboxylic acids is 1. The number of rotatable bonds is 13. The first-order valence-electron chi connectivity index (χ1n) is 29.2. The van der Waals surface area contributed by atoms with Gasteiger partial charge in [-0.05, 0) is 96.8 Å². The Morgan fingerprint density at radius 1 is 0.619 bits per heavy atom. The number of ether oxygens (including phenoxy) is 8. The molecule has 23 heteroatoms. The molecule has 7 fully saturated rings. The molecule has 5 aliphatic carbocycles. The monoisotopic (exact) mass is 1180 g/mol. The van der Waals surface area contributed by atoms with Crippen LogP contribution in [0.1, 0.15) is 108 Å². The number of carboxylic acid groups (broad SMARTS) is 1. The van der Waals surface area contributed by atoms with Gasteiger partial charge in [-0.15, -0.1) is 0 Å². The highest BCUT2D eigenvalue weighted by Gasteiger charge is 2.76. The number of aliphatic hydroxyl groups is 11. The van der Waals surface area contributed by atoms with Gasteiger partial charge >= 0.3 is 17.9 Å². The maximum absolute atomic E-state index is 14.3. The molecule has 3 aliphatic heterocycles. The van der Waals surface area contributed by atoms with Crippen LogP contribution in [-0.2, 0) is 42.7 Å². The van der Waals surface area contributed by atoms with Crippen LogP contribution in [0.5, 0.6) is 0 Å². The predicted molar refractivity (Wildman–Crippen MR) is 289 cm³/mol. The molecular weight excluding hydrogens is 1100 g/mol. The summed E-state index contributed by atoms with van der Waals surface area (Å²) in [4.78, 5) is 41.2. The van der Waals surface area contributed by atoms with Gasteiger partial charge in [-0.3, -0.25) is 0 Å². The Balaban J connectivity index is 0.977. The maximum atomic E-state index is 14.3. The molecule has 8 aliphatic rings. The summed E-state index contributed by atoms with van der Waals surface area (Å²) in [6.45, 7) is 12.0. The molecule has 26 atom stereocenters. The second-order valence-electron chi connectivity index (χ2n) is 26.8. The second-order valence-corrected chi connectivity index (χ2v) is 26.8. The molecule has 0 spiro atoms. The number of esters is 2. The van der Waals surface area contributed by atoms with Gasteiger partial charge in [-0.2, -0.15) is 0 Å². The van der Waals surface area contributed by atoms with E-state index in [9.17, 15) is 75.7 Å². The summed E-state index contributed by atoms with van der Waals surface area (Å²) in [5.41, 5.74) is -4.72. The maximum Gasteiger partial charge on any atom is 0.338 e. The van der Waals surface area contributed by atoms with Crippen LogP contribution < -0.4 is 0 Å². The lowest BCUT2D eigenvalue weighted by Gasteiger charge is -2.73. The Morgan fingerprint density at radius 3 is 1.81 bits per heavy atom. The van der Waals surface area contributed by atoms with Gasteiger partial charge in [-0.25, -0.2) is 14.4 Å². The van der Waals surface area contributed by atoms with Crippen LogP contribution in [0.15, 0.2) is 72.3 Å². The second kappa shape index (κ2) is 23.1. The average Bonchev–Trinajstić information content (AvgIpc) is 0.672. The van der Waals surface area contributed by atoms with Crippen molar-refractivity contribution in [2.24, 2.45) is 50.2 Å². The van der Waals surface area contributed by atoms with Gasteiger partial charge in [0.25, 0.3) is 0 Å². The summed E-state index contributed by atoms with van der Waals surface area (Å²) < 4.78 is 49.3. The lowest BCUT2D eigenvalue weighted by molar-refractivity contribution is -0.392. The number of fused-ring (bicyclic) bond motifs is 7. The minimum Gasteiger partial charge on any atom is -0.479 e. The number of carbonyl (C=O) groups is 3. The number of aliphatic carboxylic acids is 1. The van der Waals surface area contributed by atoms with Crippen molar-refractivity contribution in [1.29, 1.82) is 0 Å². The van der Waals surface area contributed by atoms with Crippen LogP contribution in [-0.4, -0.2) is 216 Å². The van der Waals surface area contributed by atoms with Gasteiger partial charge in [0.15, 0.2) is 31.1 Å². The number of hydrogen-bond acceptors (Lipinski definition) is 22. The fourth-order valence-electron chi connectivity index (χ4n) is 17.0. The molecule has 4 saturated carbocycles. The molecule has 2 aromatic rings. The Hall–Kier alpha value is -4.09. The minimum absolute atomic E-state index is 0.168. The molecule has 0 bridgehead atoms. The van der Waals surface area contributed by atoms with Crippen LogP contribution in [0.2, 0.25) is 0 Å². The predicted octanol–water partition coefficient (Wildman–Crippen LogP) is 0.958. The Bertz CT molecular complexity index is 2730. The molecule has 12 N–H and O–H groups in total. The van der Waals surface area contributed by atoms with Crippen molar-refractivity contribution < 1.29 is 114 Å². The summed E-state index contributed by atoms with van der Waals surface area (Å²) in [5.74, 6) is -4.16. The average molecular weight is 1190 g/mol. The molecule has 3 heterocycles. The van der Waals surface area contributed by atoms with Gasteiger partial charge in [0.2, 0.25) is 0 Å². The van der Waals surface area contributed by atoms with E-state index < -0.39 is 193 Å². The molecule has 0 aromatic heterocycles. The fraction of sp³-hybridized carbons (Fsp3) is 0.721. The zero-order valence-electron chi connectivity index (χ0n) is 48.3. The number of hydrogen-bond donors (Lipinski definition) is 12. The van der Waals surface area contributed by atoms with E-state index in [1.54, 1.807) is 60.7 Å². The molecule has 466 valence electrons. The van der Waals surface area contributed by atoms with Gasteiger partial charge in [0.1, 0.15) is 67.1 Å². The Labute approximate surface area is 487 Å². The van der Waals surface area contributed by atoms with Crippen LogP contribution >= 0.6 is 0 Å². The molecule has 84 heavy (non-hydrogen) atoms. The lowest BCUT2D eigenvalue weighted by Crippen LogP contribution is -2.76. The molecule has 2 aromatic carbocycles. The topological polar surface area (TPSA) is 368 Å². The SMILES string of the molecule is CC1(C)C[C@H]2C3=CC[C@@H]4[C@@]5(C)CC[C@H](O[C@@H]6O[C@H](C(=O)O)[C@@H](O)[C@H](O[C@@H]7OC[C@@H](O)[C@H](O)[C@H]7O)[C@H]6O[C@@H]6O[C@H](CO)[C@H](O)[C@H](O)[C@H]6O)C(C)(C)[C@@H]5CC[C@@]4(C)[C@]3(C)[C@@H](O)[C@@H](O)[C@@]2(CO)[C@@H](OC(=O)c2ccccc2)[C@@H]1OC(=O)c1ccccc1. The summed E-state index contributed by atoms with van der Waals surface area (Å²) in [5, 5.41) is 135. The largest absolute Gasteiger partial charge is 0.479 e. The quantitative estimate of drug-likeness (QED) is 0.0755. The minimum atomic E-state index is -2.13. The van der Waals surface area contributed by atoms with E-state index in [1.807, 2.05) is 34.6 Å². The van der Waals surface area contributed by atoms with E-state index >= 15 is 0 Å². The molecule has 0 unspecified atom stereocenters. The van der Waals surface area contributed by atoms with Gasteiger partial charge in [-0.1, -0.05) is 96.5 Å². The number of carbonyl (C=O) groups excluding carboxylic acids is 2. The van der Waals surface area contributed by atoms with E-state index in [4.69, 9.17) is 37.9 Å². The van der Waals surface area contributed by atoms with Gasteiger partial charge in [0, 0.05) is 10.8 Å². The normalized spacial score (nSPS) is 46.9. The van der Waals surface area contributed by atoms with Crippen molar-refractivity contribution in [3.8, 4) is 0 Å². The van der Waals surface area contributed by atoms with E-state index in [1.165, 1.54) is 0 Å². The molecule has 0 amide bonds. The van der Waals surface area contributed by atoms with Crippen molar-refractivity contribution in [1.82, 2.24) is 0 Å². The van der Waals surface area contributed by atoms with E-state index in [-0.39, 0.29) is 29.4 Å². The molecule has 10 rings (SSSR count). The van der Waals surface area contributed by atoms with E-state index in [0.717, 1.165) is 5.57 Å². The summed E-state index contributed by atoms with van der Waals surface area (Å²) in [6, 6.07) is 16.6. The first-order chi connectivity index (χ1) is 39.5. The summed E-state index contributed by atoms with van der Waals surface area (Å²) in [6.07, 6.45) is -27.9. The van der Waals surface area contributed by atoms with Crippen LogP contribution in [0.3, 0.4) is 0 Å². The van der Waals surface area contributed by atoms with Crippen LogP contribution in [0.4, 0.5) is 0 Å². The number of allylic oxidation sites excluding steroid dienone is 1. The summed E-state index contributed by atoms with van der Waals surface area (Å²) in [7, 11) is 0. The van der Waals surface area contributed by atoms with Crippen LogP contribution in [0, 0.1) is 50.2 Å². The number of aliphatic hydroxyl groups excluding tert-OH is 11. The molecule has 23 nitrogen and oxygen atoms in total. The van der Waals surface area contributed by atoms with Crippen molar-refractivity contribution in [3.05, 3.63) is 83.4 Å². The van der Waals surface area contributed by atoms with E-state index in [2.05, 4.69) is 19.9 Å². The third-order valence-electron chi connectivity index (χ3n) is 21.8. The van der Waals surface area contributed by atoms with Crippen molar-refractivity contribution in [2.45, 2.75) is 204 Å². The van der Waals surface area contributed by atoms with Crippen LogP contribution in [0.25, 0.3) is 0 Å². The molecule has 3 saturated heterocycles. The Kier molecular flexibility index (Phi) is 17.3. The highest BCUT2D eigenvalue weighted by molar-refractivity contribution is 5.90. The van der Waals surface area contributed by atoms with Crippen molar-refractivity contribution >= 4 is 17.9 Å². The lowest BCUT2D eigenvalue weighted by atomic mass is 9.32. The standard InChI is InChI=1S/C61H84O23/c1-56(2)24-31-30-18-19-35-58(5)22-21-36(79-55-45(82-54-41(69)39(67)38(66)33(25-62)78-54)43(42(70)44(81-55)50(73)74)80-53-40(68)37(65)32(64)26-77-53)57(3,4)34(58)20-23-59(35,6)60(30,7)46(71)47(72)61(31,27-63)49(84-52(76)29-16-12-9-13-17-29)48(56)83-51(75)28-14-10-8-11-15-28/h8-18,31-49,53-55,62-72H,19-27H2,1-7H3,(H,73,74)/t31-,32+,33+,34-,35+,36-,37-,38-,39-,40+,41+,42-,43-,44-,45+,46-,47+,48-,49-,53-,54-,55+,58-,59+,60-,61-/m0/s1. The van der Waals surface area contributed by atoms with Gasteiger partial charge < -0.3 is 99.2 Å². The Morgan fingerprint density at radius 2 is 1.21 bits per heavy atom. The highest BCUT2D eigenvalue weighted by atomic mass is 16.8. The molecular formula is C61H84O23. The smallest absolute Gasteiger partial charge is 0.338 e. The summed E-state index contributed by atoms with van der Waals surface area (Å²) >= 11 is 0. The first kappa shape index (κ1) is 62.9. The third-order valence-corrected chi connectivity index (χ3v) is 21.8. The highest BCUT2D eigenvalue weighted by Crippen LogP contribution is 2.76. The zero-order chi connectivity index (χ0) is 61.0. The van der Waals surface area contributed by atoms with E-state index in [0.29, 0.717) is 32.1 Å². The van der Waals surface area contributed by atoms with Crippen molar-refractivity contribution in [3.63, 3.8) is 0 Å². The first-order valence-corrected chi connectivity index (χ1v) is 29.2. The zero-order valence-corrected chi connectivity index (χ0v) is 48.3.